The largest absolute Gasteiger partial charge is 0.506 e. The van der Waals surface area contributed by atoms with Crippen molar-refractivity contribution in [1.82, 2.24) is 14.3 Å². The molecule has 3 aromatic carbocycles. The molecule has 2 fully saturated rings. The standard InChI is InChI=1S/C44H48N6O8S2/c1-29-25-33(35(27-37(29)49-21-9-10-22-49)47-39(51)17-19-45-59(55,56)31-13-5-3-6-14-31)41-43(53)42(44(41)54)34-26-30(2)38(50-23-11-12-24-50)28-36(34)48-40(52)18-20-46-60(57,58)32-15-7-4-8-16-32/h3-8,13-16,25-28,45-46,53H,9-12,17-24H2,1-2H3,(H,47,51)/b42-34+,48-36?. The summed E-state index contributed by atoms with van der Waals surface area (Å²) in [4.78, 5) is 49.9. The molecule has 0 atom stereocenters. The van der Waals surface area contributed by atoms with Crippen LogP contribution in [-0.4, -0.2) is 89.4 Å². The average molecular weight is 853 g/mol. The second kappa shape index (κ2) is 17.9. The number of Topliss-reactive ketones (excluding diaryl/α,β-unsaturated/α-hetero) is 1. The Balaban J connectivity index is 1.18. The van der Waals surface area contributed by atoms with Gasteiger partial charge in [0, 0.05) is 74.6 Å². The van der Waals surface area contributed by atoms with E-state index in [4.69, 9.17) is 0 Å². The number of nitrogens with zero attached hydrogens (tertiary/aromatic N) is 3. The van der Waals surface area contributed by atoms with Gasteiger partial charge in [0.2, 0.25) is 37.6 Å². The summed E-state index contributed by atoms with van der Waals surface area (Å²) < 4.78 is 55.9. The number of aliphatic hydroxyl groups is 1. The van der Waals surface area contributed by atoms with Crippen molar-refractivity contribution in [1.29, 1.82) is 0 Å². The number of aliphatic hydroxyl groups excluding tert-OH is 1. The number of amides is 2. The van der Waals surface area contributed by atoms with Crippen LogP contribution in [0.25, 0.3) is 5.57 Å². The van der Waals surface area contributed by atoms with Crippen LogP contribution >= 0.6 is 0 Å². The summed E-state index contributed by atoms with van der Waals surface area (Å²) in [5.74, 6) is -1.96. The molecule has 0 aromatic heterocycles. The number of allylic oxidation sites excluding steroid dienone is 6. The van der Waals surface area contributed by atoms with E-state index in [1.807, 2.05) is 13.8 Å². The third-order valence-corrected chi connectivity index (χ3v) is 13.9. The fraction of sp³-hybridized carbons (Fsp3) is 0.318. The molecule has 4 aliphatic rings. The van der Waals surface area contributed by atoms with Gasteiger partial charge in [-0.3, -0.25) is 14.4 Å². The number of nitrogens with one attached hydrogen (secondary N) is 3. The molecule has 0 unspecified atom stereocenters. The number of hydrogen-bond acceptors (Lipinski definition) is 10. The summed E-state index contributed by atoms with van der Waals surface area (Å²) in [6, 6.07) is 19.2. The molecule has 4 N–H and O–H groups in total. The zero-order valence-corrected chi connectivity index (χ0v) is 35.2. The minimum absolute atomic E-state index is 0.0185. The minimum atomic E-state index is -3.85. The molecule has 0 radical (unpaired) electrons. The van der Waals surface area contributed by atoms with Gasteiger partial charge in [-0.05, 0) is 99.2 Å². The molecule has 2 aliphatic heterocycles. The Kier molecular flexibility index (Phi) is 12.7. The number of sulfonamides is 2. The van der Waals surface area contributed by atoms with Gasteiger partial charge in [-0.1, -0.05) is 36.4 Å². The van der Waals surface area contributed by atoms with Crippen molar-refractivity contribution in [3.63, 3.8) is 0 Å². The first-order chi connectivity index (χ1) is 28.7. The highest BCUT2D eigenvalue weighted by Gasteiger charge is 2.40. The summed E-state index contributed by atoms with van der Waals surface area (Å²) in [6.45, 7) is 6.65. The molecule has 3 aromatic rings. The van der Waals surface area contributed by atoms with Crippen molar-refractivity contribution >= 4 is 60.3 Å². The first kappa shape index (κ1) is 42.4. The van der Waals surface area contributed by atoms with Gasteiger partial charge in [-0.25, -0.2) is 31.3 Å². The number of carbonyl (C=O) groups excluding carboxylic acids is 3. The second-order valence-corrected chi connectivity index (χ2v) is 18.7. The van der Waals surface area contributed by atoms with Crippen molar-refractivity contribution in [2.45, 2.75) is 62.2 Å². The lowest BCUT2D eigenvalue weighted by Gasteiger charge is -2.30. The highest BCUT2D eigenvalue weighted by atomic mass is 32.2. The molecule has 2 amide bonds. The van der Waals surface area contributed by atoms with Crippen LogP contribution in [0.15, 0.2) is 128 Å². The highest BCUT2D eigenvalue weighted by molar-refractivity contribution is 7.89. The van der Waals surface area contributed by atoms with Crippen LogP contribution in [0.2, 0.25) is 0 Å². The molecule has 14 nitrogen and oxygen atoms in total. The van der Waals surface area contributed by atoms with Gasteiger partial charge in [-0.15, -0.1) is 0 Å². The van der Waals surface area contributed by atoms with Gasteiger partial charge < -0.3 is 20.2 Å². The second-order valence-electron chi connectivity index (χ2n) is 15.1. The fourth-order valence-electron chi connectivity index (χ4n) is 7.84. The van der Waals surface area contributed by atoms with Crippen molar-refractivity contribution < 1.29 is 36.3 Å². The first-order valence-electron chi connectivity index (χ1n) is 20.0. The number of anilines is 2. The smallest absolute Gasteiger partial charge is 0.247 e. The maximum atomic E-state index is 14.3. The Morgan fingerprint density at radius 1 is 0.733 bits per heavy atom. The lowest BCUT2D eigenvalue weighted by molar-refractivity contribution is -0.118. The number of aliphatic imine (C=N–C) groups is 1. The Morgan fingerprint density at radius 2 is 1.28 bits per heavy atom. The number of rotatable bonds is 14. The third kappa shape index (κ3) is 9.21. The Bertz CT molecular complexity index is 2590. The number of carbonyl (C=O) groups is 3. The van der Waals surface area contributed by atoms with E-state index in [9.17, 15) is 36.3 Å². The average Bonchev–Trinajstić information content (AvgIpc) is 3.97. The van der Waals surface area contributed by atoms with Gasteiger partial charge in [0.25, 0.3) is 0 Å². The zero-order valence-electron chi connectivity index (χ0n) is 33.5. The number of aryl methyl sites for hydroxylation is 1. The molecule has 60 heavy (non-hydrogen) atoms. The number of hydrogen-bond donors (Lipinski definition) is 4. The molecule has 7 rings (SSSR count). The molecule has 0 saturated carbocycles. The summed E-state index contributed by atoms with van der Waals surface area (Å²) >= 11 is 0. The zero-order chi connectivity index (χ0) is 42.6. The van der Waals surface area contributed by atoms with E-state index >= 15 is 0 Å². The van der Waals surface area contributed by atoms with Crippen LogP contribution < -0.4 is 19.7 Å². The number of likely N-dealkylation sites (tertiary alicyclic amines) is 1. The monoisotopic (exact) mass is 852 g/mol. The van der Waals surface area contributed by atoms with Crippen molar-refractivity contribution in [3.05, 3.63) is 124 Å². The molecule has 2 saturated heterocycles. The number of ketones is 1. The molecule has 314 valence electrons. The van der Waals surface area contributed by atoms with E-state index in [1.165, 1.54) is 24.3 Å². The van der Waals surface area contributed by atoms with Gasteiger partial charge in [0.05, 0.1) is 32.3 Å². The fourth-order valence-corrected chi connectivity index (χ4v) is 9.95. The number of benzene rings is 3. The maximum absolute atomic E-state index is 14.3. The van der Waals surface area contributed by atoms with Crippen LogP contribution in [0.1, 0.15) is 56.6 Å². The quantitative estimate of drug-likeness (QED) is 0.154. The van der Waals surface area contributed by atoms with Crippen molar-refractivity contribution in [2.24, 2.45) is 4.99 Å². The Hall–Kier alpha value is -5.68. The van der Waals surface area contributed by atoms with Crippen molar-refractivity contribution in [3.8, 4) is 0 Å². The van der Waals surface area contributed by atoms with E-state index in [0.29, 0.717) is 5.56 Å². The Morgan fingerprint density at radius 3 is 1.85 bits per heavy atom. The van der Waals surface area contributed by atoms with E-state index in [0.717, 1.165) is 74.4 Å². The van der Waals surface area contributed by atoms with E-state index in [1.54, 1.807) is 60.7 Å². The lowest BCUT2D eigenvalue weighted by Crippen LogP contribution is -2.30. The van der Waals surface area contributed by atoms with E-state index in [-0.39, 0.29) is 69.6 Å². The van der Waals surface area contributed by atoms with Crippen LogP contribution in [0.5, 0.6) is 0 Å². The van der Waals surface area contributed by atoms with Crippen LogP contribution in [-0.2, 0) is 34.4 Å². The molecular formula is C44H48N6O8S2. The Labute approximate surface area is 350 Å². The van der Waals surface area contributed by atoms with Gasteiger partial charge >= 0.3 is 0 Å². The van der Waals surface area contributed by atoms with Gasteiger partial charge in [0.1, 0.15) is 5.76 Å². The summed E-state index contributed by atoms with van der Waals surface area (Å²) in [6.07, 6.45) is 7.01. The molecule has 2 heterocycles. The van der Waals surface area contributed by atoms with E-state index < -0.39 is 37.6 Å². The van der Waals surface area contributed by atoms with Crippen LogP contribution in [0, 0.1) is 6.92 Å². The van der Waals surface area contributed by atoms with Gasteiger partial charge in [-0.2, -0.15) is 0 Å². The summed E-state index contributed by atoms with van der Waals surface area (Å²) in [5, 5.41) is 14.7. The molecule has 2 aliphatic carbocycles. The molecule has 0 bridgehead atoms. The normalized spacial score (nSPS) is 19.1. The van der Waals surface area contributed by atoms with Crippen LogP contribution in [0.4, 0.5) is 11.4 Å². The molecular weight excluding hydrogens is 805 g/mol. The van der Waals surface area contributed by atoms with Gasteiger partial charge in [0.15, 0.2) is 0 Å². The van der Waals surface area contributed by atoms with Crippen molar-refractivity contribution in [2.75, 3.05) is 49.5 Å². The summed E-state index contributed by atoms with van der Waals surface area (Å²) in [5.41, 5.74) is 4.30. The predicted molar refractivity (Wildman–Crippen MR) is 230 cm³/mol. The van der Waals surface area contributed by atoms with Crippen LogP contribution in [0.3, 0.4) is 0 Å². The molecule has 0 spiro atoms. The predicted octanol–water partition coefficient (Wildman–Crippen LogP) is 5.33. The minimum Gasteiger partial charge on any atom is -0.506 e. The lowest BCUT2D eigenvalue weighted by atomic mass is 9.77. The summed E-state index contributed by atoms with van der Waals surface area (Å²) in [7, 11) is -7.70. The third-order valence-electron chi connectivity index (χ3n) is 10.9. The topological polar surface area (TPSA) is 195 Å². The molecule has 16 heteroatoms. The first-order valence-corrected chi connectivity index (χ1v) is 23.0. The highest BCUT2D eigenvalue weighted by Crippen LogP contribution is 2.44. The van der Waals surface area contributed by atoms with E-state index in [2.05, 4.69) is 29.6 Å². The SMILES string of the molecule is CC1=C/C(=C2\C(=O)C(c3cc(C)c(N4CCCC4)cc3NC(=O)CCNS(=O)(=O)c3ccccc3)=C2O)C(=NC(=O)CCNS(=O)(=O)c2ccccc2)C=C1N1CCCC1. The maximum Gasteiger partial charge on any atom is 0.247 e.